The summed E-state index contributed by atoms with van der Waals surface area (Å²) in [4.78, 5) is 23.5. The predicted octanol–water partition coefficient (Wildman–Crippen LogP) is 1.22. The second-order valence-corrected chi connectivity index (χ2v) is 5.36. The first kappa shape index (κ1) is 12.8. The van der Waals surface area contributed by atoms with E-state index in [1.54, 1.807) is 0 Å². The summed E-state index contributed by atoms with van der Waals surface area (Å²) in [5.74, 6) is -0.0476. The third-order valence-corrected chi connectivity index (χ3v) is 3.25. The smallest absolute Gasteiger partial charge is 0.236 e. The van der Waals surface area contributed by atoms with Crippen molar-refractivity contribution in [2.75, 3.05) is 0 Å². The van der Waals surface area contributed by atoms with E-state index in [1.165, 1.54) is 0 Å². The summed E-state index contributed by atoms with van der Waals surface area (Å²) in [6.45, 7) is 3.85. The van der Waals surface area contributed by atoms with Gasteiger partial charge in [-0.05, 0) is 12.0 Å². The molecular formula is C14H18N2O2. The summed E-state index contributed by atoms with van der Waals surface area (Å²) in [7, 11) is 0. The third kappa shape index (κ3) is 2.76. The highest BCUT2D eigenvalue weighted by Crippen LogP contribution is 2.25. The van der Waals surface area contributed by atoms with Gasteiger partial charge >= 0.3 is 0 Å². The van der Waals surface area contributed by atoms with E-state index < -0.39 is 11.5 Å². The molecule has 0 aromatic heterocycles. The molecule has 1 aromatic rings. The minimum Gasteiger partial charge on any atom is -0.297 e. The normalized spacial score (nSPS) is 19.7. The molecule has 2 N–H and O–H groups in total. The summed E-state index contributed by atoms with van der Waals surface area (Å²) >= 11 is 0. The van der Waals surface area contributed by atoms with Gasteiger partial charge in [0.1, 0.15) is 0 Å². The monoisotopic (exact) mass is 246 g/mol. The van der Waals surface area contributed by atoms with Crippen LogP contribution >= 0.6 is 0 Å². The maximum Gasteiger partial charge on any atom is 0.236 e. The Morgan fingerprint density at radius 1 is 1.33 bits per heavy atom. The lowest BCUT2D eigenvalue weighted by atomic mass is 9.78. The zero-order chi connectivity index (χ0) is 13.2. The van der Waals surface area contributed by atoms with E-state index in [-0.39, 0.29) is 18.1 Å². The number of hydrazine groups is 1. The molecule has 1 saturated heterocycles. The number of rotatable bonds is 4. The van der Waals surface area contributed by atoms with Crippen LogP contribution in [0, 0.1) is 5.41 Å². The van der Waals surface area contributed by atoms with Crippen LogP contribution < -0.4 is 10.9 Å². The molecule has 1 atom stereocenters. The van der Waals surface area contributed by atoms with Crippen molar-refractivity contribution in [2.24, 2.45) is 5.41 Å². The molecule has 0 aliphatic carbocycles. The standard InChI is InChI=1S/C14H18N2O2/c1-14(2,9-10-6-4-3-5-7-10)13(18)11-8-12(17)16-15-11/h3-7,11,15H,8-9H2,1-2H3,(H,16,17). The van der Waals surface area contributed by atoms with Crippen molar-refractivity contribution in [3.05, 3.63) is 35.9 Å². The largest absolute Gasteiger partial charge is 0.297 e. The van der Waals surface area contributed by atoms with E-state index in [2.05, 4.69) is 10.9 Å². The molecule has 0 saturated carbocycles. The number of carbonyl (C=O) groups excluding carboxylic acids is 2. The zero-order valence-corrected chi connectivity index (χ0v) is 10.7. The van der Waals surface area contributed by atoms with Crippen molar-refractivity contribution in [2.45, 2.75) is 32.7 Å². The molecule has 1 unspecified atom stereocenters. The maximum atomic E-state index is 12.4. The summed E-state index contributed by atoms with van der Waals surface area (Å²) in [6, 6.07) is 9.51. The Balaban J connectivity index is 2.06. The first-order valence-corrected chi connectivity index (χ1v) is 6.12. The van der Waals surface area contributed by atoms with Crippen molar-refractivity contribution in [3.63, 3.8) is 0 Å². The Labute approximate surface area is 107 Å². The molecule has 1 heterocycles. The number of hydrogen-bond acceptors (Lipinski definition) is 3. The molecule has 1 fully saturated rings. The lowest BCUT2D eigenvalue weighted by Crippen LogP contribution is -2.43. The van der Waals surface area contributed by atoms with E-state index in [1.807, 2.05) is 44.2 Å². The first-order chi connectivity index (χ1) is 8.49. The van der Waals surface area contributed by atoms with E-state index in [0.29, 0.717) is 6.42 Å². The number of hydrogen-bond donors (Lipinski definition) is 2. The van der Waals surface area contributed by atoms with Crippen molar-refractivity contribution in [3.8, 4) is 0 Å². The topological polar surface area (TPSA) is 58.2 Å². The molecule has 1 amide bonds. The summed E-state index contributed by atoms with van der Waals surface area (Å²) in [6.07, 6.45) is 0.913. The molecule has 1 aliphatic rings. The van der Waals surface area contributed by atoms with Crippen LogP contribution in [0.4, 0.5) is 0 Å². The van der Waals surface area contributed by atoms with Gasteiger partial charge in [-0.1, -0.05) is 44.2 Å². The third-order valence-electron chi connectivity index (χ3n) is 3.25. The van der Waals surface area contributed by atoms with Gasteiger partial charge in [-0.15, -0.1) is 0 Å². The second kappa shape index (κ2) is 4.90. The minimum atomic E-state index is -0.481. The van der Waals surface area contributed by atoms with Crippen LogP contribution in [0.1, 0.15) is 25.8 Å². The van der Waals surface area contributed by atoms with Crippen LogP contribution in [-0.4, -0.2) is 17.7 Å². The van der Waals surface area contributed by atoms with Gasteiger partial charge in [0.15, 0.2) is 5.78 Å². The average molecular weight is 246 g/mol. The fraction of sp³-hybridized carbons (Fsp3) is 0.429. The van der Waals surface area contributed by atoms with Gasteiger partial charge in [-0.3, -0.25) is 15.0 Å². The Bertz CT molecular complexity index is 454. The summed E-state index contributed by atoms with van der Waals surface area (Å²) in [5, 5.41) is 0. The molecule has 18 heavy (non-hydrogen) atoms. The SMILES string of the molecule is CC(C)(Cc1ccccc1)C(=O)C1CC(=O)NN1. The van der Waals surface area contributed by atoms with Crippen molar-refractivity contribution < 1.29 is 9.59 Å². The number of benzene rings is 1. The van der Waals surface area contributed by atoms with Crippen molar-refractivity contribution in [1.82, 2.24) is 10.9 Å². The van der Waals surface area contributed by atoms with Crippen LogP contribution in [0.3, 0.4) is 0 Å². The van der Waals surface area contributed by atoms with Crippen LogP contribution in [0.25, 0.3) is 0 Å². The Morgan fingerprint density at radius 2 is 2.00 bits per heavy atom. The van der Waals surface area contributed by atoms with Gasteiger partial charge in [0.25, 0.3) is 0 Å². The lowest BCUT2D eigenvalue weighted by molar-refractivity contribution is -0.129. The molecule has 4 heteroatoms. The quantitative estimate of drug-likeness (QED) is 0.839. The fourth-order valence-corrected chi connectivity index (χ4v) is 2.28. The average Bonchev–Trinajstić information content (AvgIpc) is 2.75. The fourth-order valence-electron chi connectivity index (χ4n) is 2.28. The highest BCUT2D eigenvalue weighted by atomic mass is 16.2. The predicted molar refractivity (Wildman–Crippen MR) is 68.6 cm³/mol. The van der Waals surface area contributed by atoms with E-state index in [9.17, 15) is 9.59 Å². The molecular weight excluding hydrogens is 228 g/mol. The van der Waals surface area contributed by atoms with Crippen molar-refractivity contribution in [1.29, 1.82) is 0 Å². The van der Waals surface area contributed by atoms with Crippen LogP contribution in [0.5, 0.6) is 0 Å². The number of carbonyl (C=O) groups is 2. The molecule has 1 aliphatic heterocycles. The van der Waals surface area contributed by atoms with Crippen LogP contribution in [0.15, 0.2) is 30.3 Å². The molecule has 0 spiro atoms. The van der Waals surface area contributed by atoms with Gasteiger partial charge in [0, 0.05) is 5.41 Å². The molecule has 96 valence electrons. The number of nitrogens with one attached hydrogen (secondary N) is 2. The molecule has 0 bridgehead atoms. The van der Waals surface area contributed by atoms with Crippen LogP contribution in [-0.2, 0) is 16.0 Å². The van der Waals surface area contributed by atoms with Gasteiger partial charge in [-0.2, -0.15) is 0 Å². The number of amides is 1. The molecule has 0 radical (unpaired) electrons. The molecule has 2 rings (SSSR count). The Hall–Kier alpha value is -1.68. The zero-order valence-electron chi connectivity index (χ0n) is 10.7. The first-order valence-electron chi connectivity index (χ1n) is 6.12. The van der Waals surface area contributed by atoms with Gasteiger partial charge in [0.2, 0.25) is 5.91 Å². The minimum absolute atomic E-state index is 0.0738. The summed E-state index contributed by atoms with van der Waals surface area (Å²) in [5.41, 5.74) is 5.88. The Kier molecular flexibility index (Phi) is 3.48. The second-order valence-electron chi connectivity index (χ2n) is 5.36. The highest BCUT2D eigenvalue weighted by molar-refractivity contribution is 5.95. The van der Waals surface area contributed by atoms with E-state index >= 15 is 0 Å². The van der Waals surface area contributed by atoms with Gasteiger partial charge in [0.05, 0.1) is 12.5 Å². The van der Waals surface area contributed by atoms with E-state index in [4.69, 9.17) is 0 Å². The van der Waals surface area contributed by atoms with Crippen LogP contribution in [0.2, 0.25) is 0 Å². The van der Waals surface area contributed by atoms with Crippen molar-refractivity contribution >= 4 is 11.7 Å². The number of Topliss-reactive ketones (excluding diaryl/α,β-unsaturated/α-hetero) is 1. The van der Waals surface area contributed by atoms with Gasteiger partial charge < -0.3 is 0 Å². The van der Waals surface area contributed by atoms with Gasteiger partial charge in [-0.25, -0.2) is 5.43 Å². The highest BCUT2D eigenvalue weighted by Gasteiger charge is 2.37. The molecule has 1 aromatic carbocycles. The Morgan fingerprint density at radius 3 is 2.56 bits per heavy atom. The number of ketones is 1. The maximum absolute atomic E-state index is 12.4. The summed E-state index contributed by atoms with van der Waals surface area (Å²) < 4.78 is 0. The van der Waals surface area contributed by atoms with E-state index in [0.717, 1.165) is 5.56 Å². The lowest BCUT2D eigenvalue weighted by Gasteiger charge is -2.25. The molecule has 4 nitrogen and oxygen atoms in total.